The number of amides is 1. The average molecular weight is 487 g/mol. The summed E-state index contributed by atoms with van der Waals surface area (Å²) in [5, 5.41) is 14.6. The average Bonchev–Trinajstić information content (AvgIpc) is 2.60. The van der Waals surface area contributed by atoms with Crippen LogP contribution in [0.1, 0.15) is 5.56 Å². The Bertz CT molecular complexity index is 858. The fourth-order valence-electron chi connectivity index (χ4n) is 1.94. The van der Waals surface area contributed by atoms with Gasteiger partial charge in [-0.15, -0.1) is 0 Å². The van der Waals surface area contributed by atoms with Gasteiger partial charge in [-0.25, -0.2) is 5.43 Å². The molecule has 0 heterocycles. The van der Waals surface area contributed by atoms with Crippen LogP contribution in [0.5, 0.6) is 11.5 Å². The predicted molar refractivity (Wildman–Crippen MR) is 103 cm³/mol. The highest BCUT2D eigenvalue weighted by atomic mass is 79.9. The molecule has 1 amide bonds. The van der Waals surface area contributed by atoms with Crippen molar-refractivity contribution >= 4 is 49.7 Å². The van der Waals surface area contributed by atoms with Crippen molar-refractivity contribution in [2.24, 2.45) is 5.10 Å². The second-order valence-corrected chi connectivity index (χ2v) is 6.59. The van der Waals surface area contributed by atoms with Crippen molar-refractivity contribution in [3.8, 4) is 11.5 Å². The number of para-hydroxylation sites is 1. The number of carbonyl (C=O) groups excluding carboxylic acids is 1. The standard InChI is InChI=1S/C16H13Br2N3O5/c1-25-14-7-11(17)6-12(18)16(14)26-9-15(22)20-19-8-10-4-2-3-5-13(10)21(23)24/h2-8H,9H2,1H3,(H,20,22)/b19-8+. The van der Waals surface area contributed by atoms with Gasteiger partial charge in [0, 0.05) is 10.5 Å². The molecule has 0 unspecified atom stereocenters. The zero-order valence-corrected chi connectivity index (χ0v) is 16.6. The van der Waals surface area contributed by atoms with Gasteiger partial charge in [0.05, 0.1) is 28.3 Å². The lowest BCUT2D eigenvalue weighted by Gasteiger charge is -2.12. The van der Waals surface area contributed by atoms with Gasteiger partial charge in [0.2, 0.25) is 0 Å². The summed E-state index contributed by atoms with van der Waals surface area (Å²) in [6.45, 7) is -0.315. The van der Waals surface area contributed by atoms with Gasteiger partial charge < -0.3 is 9.47 Å². The minimum absolute atomic E-state index is 0.106. The molecular formula is C16H13Br2N3O5. The van der Waals surface area contributed by atoms with E-state index < -0.39 is 10.8 Å². The summed E-state index contributed by atoms with van der Waals surface area (Å²) < 4.78 is 12.1. The van der Waals surface area contributed by atoms with Crippen LogP contribution in [-0.2, 0) is 4.79 Å². The van der Waals surface area contributed by atoms with E-state index in [2.05, 4.69) is 42.4 Å². The van der Waals surface area contributed by atoms with E-state index in [0.717, 1.165) is 4.47 Å². The SMILES string of the molecule is COc1cc(Br)cc(Br)c1OCC(=O)N/N=C/c1ccccc1[N+](=O)[O-]. The van der Waals surface area contributed by atoms with E-state index in [0.29, 0.717) is 16.0 Å². The fraction of sp³-hybridized carbons (Fsp3) is 0.125. The number of halogens is 2. The summed E-state index contributed by atoms with van der Waals surface area (Å²) in [5.41, 5.74) is 2.42. The first-order valence-electron chi connectivity index (χ1n) is 7.13. The number of hydrazone groups is 1. The molecule has 26 heavy (non-hydrogen) atoms. The van der Waals surface area contributed by atoms with Crippen LogP contribution in [0.25, 0.3) is 0 Å². The monoisotopic (exact) mass is 485 g/mol. The molecule has 0 saturated carbocycles. The molecule has 0 aliphatic heterocycles. The molecule has 8 nitrogen and oxygen atoms in total. The second kappa shape index (κ2) is 9.30. The highest BCUT2D eigenvalue weighted by molar-refractivity contribution is 9.11. The Kier molecular flexibility index (Phi) is 7.10. The first-order chi connectivity index (χ1) is 12.4. The van der Waals surface area contributed by atoms with Crippen LogP contribution in [0.15, 0.2) is 50.4 Å². The molecule has 0 radical (unpaired) electrons. The molecule has 0 aliphatic rings. The number of ether oxygens (including phenoxy) is 2. The van der Waals surface area contributed by atoms with Crippen LogP contribution >= 0.6 is 31.9 Å². The molecule has 10 heteroatoms. The Morgan fingerprint density at radius 1 is 1.35 bits per heavy atom. The van der Waals surface area contributed by atoms with Crippen LogP contribution in [0.3, 0.4) is 0 Å². The molecule has 0 spiro atoms. The quantitative estimate of drug-likeness (QED) is 0.365. The van der Waals surface area contributed by atoms with Crippen molar-refractivity contribution in [2.75, 3.05) is 13.7 Å². The summed E-state index contributed by atoms with van der Waals surface area (Å²) in [6, 6.07) is 9.51. The third-order valence-corrected chi connectivity index (χ3v) is 4.12. The minimum Gasteiger partial charge on any atom is -0.493 e. The summed E-state index contributed by atoms with van der Waals surface area (Å²) in [5.74, 6) is 0.285. The van der Waals surface area contributed by atoms with Crippen molar-refractivity contribution in [3.05, 3.63) is 61.0 Å². The number of benzene rings is 2. The maximum absolute atomic E-state index is 11.9. The second-order valence-electron chi connectivity index (χ2n) is 4.82. The van der Waals surface area contributed by atoms with E-state index in [-0.39, 0.29) is 17.9 Å². The number of nitro groups is 1. The minimum atomic E-state index is -0.531. The number of nitro benzene ring substituents is 1. The van der Waals surface area contributed by atoms with E-state index >= 15 is 0 Å². The van der Waals surface area contributed by atoms with E-state index in [1.165, 1.54) is 25.5 Å². The molecule has 0 bridgehead atoms. The van der Waals surface area contributed by atoms with E-state index in [1.807, 2.05) is 0 Å². The van der Waals surface area contributed by atoms with Crippen LogP contribution < -0.4 is 14.9 Å². The summed E-state index contributed by atoms with van der Waals surface area (Å²) >= 11 is 6.66. The highest BCUT2D eigenvalue weighted by Gasteiger charge is 2.13. The number of hydrogen-bond donors (Lipinski definition) is 1. The molecule has 0 aliphatic carbocycles. The maximum Gasteiger partial charge on any atom is 0.278 e. The molecule has 1 N–H and O–H groups in total. The Labute approximate surface area is 165 Å². The molecule has 0 fully saturated rings. The largest absolute Gasteiger partial charge is 0.493 e. The van der Waals surface area contributed by atoms with Crippen molar-refractivity contribution in [2.45, 2.75) is 0 Å². The topological polar surface area (TPSA) is 103 Å². The first kappa shape index (κ1) is 19.9. The van der Waals surface area contributed by atoms with Gasteiger partial charge in [0.1, 0.15) is 0 Å². The molecule has 0 saturated heterocycles. The molecule has 2 rings (SSSR count). The van der Waals surface area contributed by atoms with Gasteiger partial charge in [0.25, 0.3) is 11.6 Å². The zero-order valence-electron chi connectivity index (χ0n) is 13.4. The van der Waals surface area contributed by atoms with E-state index in [4.69, 9.17) is 9.47 Å². The number of carbonyl (C=O) groups is 1. The molecular weight excluding hydrogens is 474 g/mol. The molecule has 0 atom stereocenters. The Morgan fingerprint density at radius 2 is 2.08 bits per heavy atom. The number of nitrogens with one attached hydrogen (secondary N) is 1. The number of nitrogens with zero attached hydrogens (tertiary/aromatic N) is 2. The van der Waals surface area contributed by atoms with Gasteiger partial charge in [0.15, 0.2) is 18.1 Å². The summed E-state index contributed by atoms with van der Waals surface area (Å²) in [7, 11) is 1.48. The van der Waals surface area contributed by atoms with E-state index in [1.54, 1.807) is 24.3 Å². The Balaban J connectivity index is 1.98. The Morgan fingerprint density at radius 3 is 2.77 bits per heavy atom. The number of methoxy groups -OCH3 is 1. The molecule has 0 aromatic heterocycles. The van der Waals surface area contributed by atoms with Gasteiger partial charge >= 0.3 is 0 Å². The summed E-state index contributed by atoms with van der Waals surface area (Å²) in [6.07, 6.45) is 1.20. The third-order valence-electron chi connectivity index (χ3n) is 3.07. The number of hydrogen-bond acceptors (Lipinski definition) is 6. The van der Waals surface area contributed by atoms with Crippen LogP contribution in [-0.4, -0.2) is 30.8 Å². The smallest absolute Gasteiger partial charge is 0.278 e. The van der Waals surface area contributed by atoms with Crippen molar-refractivity contribution in [1.82, 2.24) is 5.43 Å². The Hall–Kier alpha value is -2.46. The highest BCUT2D eigenvalue weighted by Crippen LogP contribution is 2.38. The molecule has 2 aromatic rings. The fourth-order valence-corrected chi connectivity index (χ4v) is 3.24. The lowest BCUT2D eigenvalue weighted by atomic mass is 10.2. The van der Waals surface area contributed by atoms with Gasteiger partial charge in [-0.1, -0.05) is 28.1 Å². The van der Waals surface area contributed by atoms with Crippen molar-refractivity contribution in [3.63, 3.8) is 0 Å². The van der Waals surface area contributed by atoms with Crippen molar-refractivity contribution in [1.29, 1.82) is 0 Å². The van der Waals surface area contributed by atoms with Crippen LogP contribution in [0.4, 0.5) is 5.69 Å². The van der Waals surface area contributed by atoms with Gasteiger partial charge in [-0.3, -0.25) is 14.9 Å². The predicted octanol–water partition coefficient (Wildman–Crippen LogP) is 3.66. The lowest BCUT2D eigenvalue weighted by Crippen LogP contribution is -2.24. The molecule has 136 valence electrons. The van der Waals surface area contributed by atoms with Crippen molar-refractivity contribution < 1.29 is 19.2 Å². The maximum atomic E-state index is 11.9. The lowest BCUT2D eigenvalue weighted by molar-refractivity contribution is -0.385. The number of rotatable bonds is 7. The van der Waals surface area contributed by atoms with E-state index in [9.17, 15) is 14.9 Å². The third kappa shape index (κ3) is 5.27. The van der Waals surface area contributed by atoms with Crippen LogP contribution in [0, 0.1) is 10.1 Å². The van der Waals surface area contributed by atoms with Crippen LogP contribution in [0.2, 0.25) is 0 Å². The zero-order chi connectivity index (χ0) is 19.1. The van der Waals surface area contributed by atoms with Gasteiger partial charge in [-0.05, 0) is 34.1 Å². The summed E-state index contributed by atoms with van der Waals surface area (Å²) in [4.78, 5) is 22.2. The normalized spacial score (nSPS) is 10.6. The first-order valence-corrected chi connectivity index (χ1v) is 8.72. The van der Waals surface area contributed by atoms with Gasteiger partial charge in [-0.2, -0.15) is 5.10 Å². The molecule has 2 aromatic carbocycles.